The standard InChI is InChI=1S/C26H19N3O5S/c30-24(17-7-2-1-3-8-17)28-21(25(31)27-16-19-9-6-14-32-19)15-18-12-13-23(33-18)35-26-29-20-10-4-5-11-22(20)34-26/h1-15H,16H2,(H,27,31)(H,28,30). The lowest BCUT2D eigenvalue weighted by Gasteiger charge is -2.10. The van der Waals surface area contributed by atoms with Gasteiger partial charge in [0.25, 0.3) is 17.0 Å². The van der Waals surface area contributed by atoms with E-state index >= 15 is 0 Å². The van der Waals surface area contributed by atoms with Crippen LogP contribution in [0, 0.1) is 0 Å². The summed E-state index contributed by atoms with van der Waals surface area (Å²) in [6, 6.07) is 23.0. The number of carbonyl (C=O) groups excluding carboxylic acids is 2. The molecule has 2 N–H and O–H groups in total. The number of para-hydroxylation sites is 2. The predicted octanol–water partition coefficient (Wildman–Crippen LogP) is 5.25. The number of fused-ring (bicyclic) bond motifs is 1. The van der Waals surface area contributed by atoms with Gasteiger partial charge in [-0.1, -0.05) is 30.3 Å². The van der Waals surface area contributed by atoms with Crippen LogP contribution in [0.2, 0.25) is 0 Å². The van der Waals surface area contributed by atoms with Crippen molar-refractivity contribution in [2.24, 2.45) is 0 Å². The van der Waals surface area contributed by atoms with E-state index in [2.05, 4.69) is 15.6 Å². The molecule has 0 atom stereocenters. The Balaban J connectivity index is 1.35. The number of oxazole rings is 1. The molecule has 0 aliphatic carbocycles. The lowest BCUT2D eigenvalue weighted by molar-refractivity contribution is -0.118. The molecule has 174 valence electrons. The predicted molar refractivity (Wildman–Crippen MR) is 129 cm³/mol. The van der Waals surface area contributed by atoms with Crippen LogP contribution in [-0.2, 0) is 11.3 Å². The van der Waals surface area contributed by atoms with Crippen molar-refractivity contribution >= 4 is 40.8 Å². The molecule has 2 aromatic carbocycles. The van der Waals surface area contributed by atoms with Gasteiger partial charge >= 0.3 is 0 Å². The third-order valence-electron chi connectivity index (χ3n) is 4.88. The number of amides is 2. The highest BCUT2D eigenvalue weighted by Gasteiger charge is 2.17. The van der Waals surface area contributed by atoms with Gasteiger partial charge in [0.15, 0.2) is 10.7 Å². The van der Waals surface area contributed by atoms with Gasteiger partial charge in [0.1, 0.15) is 22.7 Å². The molecule has 0 aliphatic heterocycles. The molecule has 0 spiro atoms. The number of benzene rings is 2. The highest BCUT2D eigenvalue weighted by atomic mass is 32.2. The van der Waals surface area contributed by atoms with E-state index in [-0.39, 0.29) is 12.2 Å². The quantitative estimate of drug-likeness (QED) is 0.289. The van der Waals surface area contributed by atoms with E-state index in [1.807, 2.05) is 30.3 Å². The fourth-order valence-corrected chi connectivity index (χ4v) is 3.93. The summed E-state index contributed by atoms with van der Waals surface area (Å²) in [5.74, 6) is 0.0510. The van der Waals surface area contributed by atoms with Crippen molar-refractivity contribution in [1.29, 1.82) is 0 Å². The Morgan fingerprint density at radius 2 is 1.74 bits per heavy atom. The minimum absolute atomic E-state index is 0.0261. The zero-order chi connectivity index (χ0) is 24.0. The van der Waals surface area contributed by atoms with Gasteiger partial charge in [0.05, 0.1) is 12.8 Å². The van der Waals surface area contributed by atoms with Crippen molar-refractivity contribution in [1.82, 2.24) is 15.6 Å². The maximum Gasteiger partial charge on any atom is 0.268 e. The largest absolute Gasteiger partial charge is 0.467 e. The second-order valence-corrected chi connectivity index (χ2v) is 8.30. The van der Waals surface area contributed by atoms with E-state index in [9.17, 15) is 9.59 Å². The van der Waals surface area contributed by atoms with Gasteiger partial charge in [-0.3, -0.25) is 9.59 Å². The van der Waals surface area contributed by atoms with Crippen LogP contribution in [0.1, 0.15) is 21.9 Å². The Bertz CT molecular complexity index is 1450. The zero-order valence-electron chi connectivity index (χ0n) is 18.3. The first-order chi connectivity index (χ1) is 17.1. The smallest absolute Gasteiger partial charge is 0.268 e. The number of hydrogen-bond acceptors (Lipinski definition) is 7. The molecule has 2 amide bonds. The van der Waals surface area contributed by atoms with Crippen LogP contribution < -0.4 is 10.6 Å². The molecule has 3 aromatic heterocycles. The van der Waals surface area contributed by atoms with Gasteiger partial charge in [-0.05, 0) is 48.5 Å². The minimum atomic E-state index is -0.491. The Labute approximate surface area is 204 Å². The van der Waals surface area contributed by atoms with E-state index in [0.717, 1.165) is 5.52 Å². The highest BCUT2D eigenvalue weighted by molar-refractivity contribution is 7.99. The Morgan fingerprint density at radius 1 is 0.914 bits per heavy atom. The van der Waals surface area contributed by atoms with Gasteiger partial charge in [-0.2, -0.15) is 0 Å². The summed E-state index contributed by atoms with van der Waals surface area (Å²) in [5, 5.41) is 6.36. The van der Waals surface area contributed by atoms with Gasteiger partial charge in [-0.25, -0.2) is 4.98 Å². The molecule has 0 radical (unpaired) electrons. The number of furan rings is 2. The van der Waals surface area contributed by atoms with Crippen LogP contribution in [0.3, 0.4) is 0 Å². The Hall–Kier alpha value is -4.50. The molecule has 35 heavy (non-hydrogen) atoms. The van der Waals surface area contributed by atoms with Crippen LogP contribution in [0.5, 0.6) is 0 Å². The monoisotopic (exact) mass is 485 g/mol. The van der Waals surface area contributed by atoms with Crippen molar-refractivity contribution in [3.8, 4) is 0 Å². The van der Waals surface area contributed by atoms with Crippen molar-refractivity contribution in [2.45, 2.75) is 16.9 Å². The second kappa shape index (κ2) is 10.2. The van der Waals surface area contributed by atoms with Crippen LogP contribution in [-0.4, -0.2) is 16.8 Å². The lowest BCUT2D eigenvalue weighted by Crippen LogP contribution is -2.34. The van der Waals surface area contributed by atoms with E-state index < -0.39 is 11.8 Å². The van der Waals surface area contributed by atoms with Crippen molar-refractivity contribution in [2.75, 3.05) is 0 Å². The van der Waals surface area contributed by atoms with E-state index in [1.54, 1.807) is 48.5 Å². The first-order valence-electron chi connectivity index (χ1n) is 10.7. The summed E-state index contributed by atoms with van der Waals surface area (Å²) in [6.45, 7) is 0.168. The molecule has 0 bridgehead atoms. The summed E-state index contributed by atoms with van der Waals surface area (Å²) in [5.41, 5.74) is 1.88. The van der Waals surface area contributed by atoms with Gasteiger partial charge in [-0.15, -0.1) is 0 Å². The maximum absolute atomic E-state index is 12.9. The first-order valence-corrected chi connectivity index (χ1v) is 11.5. The molecule has 3 heterocycles. The summed E-state index contributed by atoms with van der Waals surface area (Å²) in [4.78, 5) is 30.0. The molecule has 0 unspecified atom stereocenters. The second-order valence-electron chi connectivity index (χ2n) is 7.35. The number of rotatable bonds is 8. The number of nitrogens with zero attached hydrogens (tertiary/aromatic N) is 1. The van der Waals surface area contributed by atoms with E-state index in [0.29, 0.717) is 33.0 Å². The third kappa shape index (κ3) is 5.53. The Kier molecular flexibility index (Phi) is 6.49. The minimum Gasteiger partial charge on any atom is -0.467 e. The van der Waals surface area contributed by atoms with Gasteiger partial charge in [0.2, 0.25) is 0 Å². The fraction of sp³-hybridized carbons (Fsp3) is 0.0385. The maximum atomic E-state index is 12.9. The molecule has 5 aromatic rings. The summed E-state index contributed by atoms with van der Waals surface area (Å²) < 4.78 is 16.8. The number of hydrogen-bond donors (Lipinski definition) is 2. The van der Waals surface area contributed by atoms with Crippen molar-refractivity contribution in [3.63, 3.8) is 0 Å². The summed E-state index contributed by atoms with van der Waals surface area (Å²) >= 11 is 1.21. The molecule has 5 rings (SSSR count). The molecule has 0 saturated carbocycles. The SMILES string of the molecule is O=C(NCc1ccco1)C(=Cc1ccc(Sc2nc3ccccc3o2)o1)NC(=O)c1ccccc1. The normalized spacial score (nSPS) is 11.5. The lowest BCUT2D eigenvalue weighted by atomic mass is 10.2. The highest BCUT2D eigenvalue weighted by Crippen LogP contribution is 2.31. The summed E-state index contributed by atoms with van der Waals surface area (Å²) in [7, 11) is 0. The average Bonchev–Trinajstić information content (AvgIpc) is 3.64. The van der Waals surface area contributed by atoms with Crippen LogP contribution in [0.15, 0.2) is 114 Å². The molecular weight excluding hydrogens is 466 g/mol. The summed E-state index contributed by atoms with van der Waals surface area (Å²) in [6.07, 6.45) is 2.99. The zero-order valence-corrected chi connectivity index (χ0v) is 19.1. The van der Waals surface area contributed by atoms with Crippen LogP contribution in [0.4, 0.5) is 0 Å². The molecule has 9 heteroatoms. The number of aromatic nitrogens is 1. The van der Waals surface area contributed by atoms with Gasteiger partial charge < -0.3 is 23.9 Å². The van der Waals surface area contributed by atoms with E-state index in [4.69, 9.17) is 13.3 Å². The van der Waals surface area contributed by atoms with Crippen molar-refractivity contribution in [3.05, 3.63) is 108 Å². The number of nitrogens with one attached hydrogen (secondary N) is 2. The van der Waals surface area contributed by atoms with Crippen LogP contribution in [0.25, 0.3) is 17.2 Å². The Morgan fingerprint density at radius 3 is 2.54 bits per heavy atom. The van der Waals surface area contributed by atoms with Gasteiger partial charge in [0, 0.05) is 23.4 Å². The van der Waals surface area contributed by atoms with Crippen molar-refractivity contribution < 1.29 is 22.8 Å². The topological polar surface area (TPSA) is 111 Å². The molecule has 0 fully saturated rings. The fourth-order valence-electron chi connectivity index (χ4n) is 3.21. The number of carbonyl (C=O) groups is 2. The molecule has 0 saturated heterocycles. The van der Waals surface area contributed by atoms with E-state index in [1.165, 1.54) is 24.1 Å². The molecule has 8 nitrogen and oxygen atoms in total. The van der Waals surface area contributed by atoms with Crippen LogP contribution >= 0.6 is 11.8 Å². The first kappa shape index (κ1) is 22.3. The average molecular weight is 486 g/mol. The third-order valence-corrected chi connectivity index (χ3v) is 5.65. The molecular formula is C26H19N3O5S. The molecule has 0 aliphatic rings.